The van der Waals surface area contributed by atoms with Crippen LogP contribution in [0, 0.1) is 10.3 Å². The maximum absolute atomic E-state index is 9.92. The molecule has 0 aliphatic carbocycles. The third-order valence-corrected chi connectivity index (χ3v) is 1.58. The van der Waals surface area contributed by atoms with E-state index in [1.807, 2.05) is 0 Å². The lowest BCUT2D eigenvalue weighted by molar-refractivity contribution is 0.0638. The summed E-state index contributed by atoms with van der Waals surface area (Å²) in [4.78, 5) is 9.92. The number of hydrogen-bond donors (Lipinski definition) is 0. The Morgan fingerprint density at radius 2 is 2.00 bits per heavy atom. The second kappa shape index (κ2) is 5.25. The average Bonchev–Trinajstić information content (AvgIpc) is 1.96. The van der Waals surface area contributed by atoms with Gasteiger partial charge in [-0.1, -0.05) is 20.8 Å². The molecule has 0 amide bonds. The fourth-order valence-electron chi connectivity index (χ4n) is 0.887. The molecule has 0 rings (SSSR count). The van der Waals surface area contributed by atoms with Crippen molar-refractivity contribution in [2.75, 3.05) is 6.61 Å². The number of ether oxygens (including phenoxy) is 1. The van der Waals surface area contributed by atoms with E-state index in [9.17, 15) is 4.91 Å². The smallest absolute Gasteiger partial charge is 0.186 e. The monoisotopic (exact) mass is 173 g/mol. The molecule has 72 valence electrons. The molecule has 0 aliphatic rings. The molecule has 0 N–H and O–H groups in total. The summed E-state index contributed by atoms with van der Waals surface area (Å²) < 4.78 is 5.11. The zero-order valence-electron chi connectivity index (χ0n) is 8.46. The van der Waals surface area contributed by atoms with Gasteiger partial charge in [-0.3, -0.25) is 0 Å². The van der Waals surface area contributed by atoms with Crippen molar-refractivity contribution < 1.29 is 4.74 Å². The summed E-state index contributed by atoms with van der Waals surface area (Å²) in [7, 11) is 0. The van der Waals surface area contributed by atoms with Crippen molar-refractivity contribution in [3.05, 3.63) is 4.91 Å². The minimum absolute atomic E-state index is 0.348. The van der Waals surface area contributed by atoms with Crippen molar-refractivity contribution >= 4 is 0 Å². The zero-order chi connectivity index (χ0) is 9.61. The Balaban J connectivity index is 3.27. The molecular weight excluding hydrogens is 154 g/mol. The molecule has 1 atom stereocenters. The number of nitroso groups, excluding NO2 is 1. The van der Waals surface area contributed by atoms with Crippen molar-refractivity contribution in [1.82, 2.24) is 0 Å². The van der Waals surface area contributed by atoms with Crippen LogP contribution < -0.4 is 0 Å². The predicted molar refractivity (Wildman–Crippen MR) is 49.9 cm³/mol. The second-order valence-corrected chi connectivity index (χ2v) is 4.24. The molecule has 12 heavy (non-hydrogen) atoms. The highest BCUT2D eigenvalue weighted by molar-refractivity contribution is 4.60. The molecule has 0 aromatic heterocycles. The lowest BCUT2D eigenvalue weighted by Crippen LogP contribution is -2.09. The van der Waals surface area contributed by atoms with Crippen LogP contribution in [0.2, 0.25) is 0 Å². The van der Waals surface area contributed by atoms with Gasteiger partial charge in [0.1, 0.15) is 0 Å². The van der Waals surface area contributed by atoms with E-state index >= 15 is 0 Å². The maximum atomic E-state index is 9.92. The summed E-state index contributed by atoms with van der Waals surface area (Å²) in [5.41, 5.74) is 0.348. The summed E-state index contributed by atoms with van der Waals surface area (Å²) in [6.45, 7) is 8.85. The van der Waals surface area contributed by atoms with Crippen molar-refractivity contribution in [2.24, 2.45) is 10.6 Å². The Morgan fingerprint density at radius 1 is 1.42 bits per heavy atom. The van der Waals surface area contributed by atoms with Gasteiger partial charge in [0.05, 0.1) is 0 Å². The quantitative estimate of drug-likeness (QED) is 0.473. The van der Waals surface area contributed by atoms with Crippen LogP contribution >= 0.6 is 0 Å². The molecule has 3 heteroatoms. The molecule has 0 aliphatic heterocycles. The Kier molecular flexibility index (Phi) is 5.06. The van der Waals surface area contributed by atoms with Gasteiger partial charge in [0, 0.05) is 6.61 Å². The molecule has 3 nitrogen and oxygen atoms in total. The highest BCUT2D eigenvalue weighted by atomic mass is 16.5. The van der Waals surface area contributed by atoms with Gasteiger partial charge in [-0.05, 0) is 30.4 Å². The Bertz CT molecular complexity index is 129. The molecule has 0 aromatic carbocycles. The molecule has 0 heterocycles. The summed E-state index contributed by atoms with van der Waals surface area (Å²) in [5, 5.41) is 2.75. The van der Waals surface area contributed by atoms with Crippen LogP contribution in [0.5, 0.6) is 0 Å². The first-order valence-corrected chi connectivity index (χ1v) is 4.40. The summed E-state index contributed by atoms with van der Waals surface area (Å²) in [5.74, 6) is 0. The molecular formula is C9H19NO2. The van der Waals surface area contributed by atoms with E-state index in [4.69, 9.17) is 4.74 Å². The lowest BCUT2D eigenvalue weighted by Gasteiger charge is -2.17. The van der Waals surface area contributed by atoms with E-state index in [1.54, 1.807) is 6.92 Å². The third-order valence-electron chi connectivity index (χ3n) is 1.58. The van der Waals surface area contributed by atoms with Crippen LogP contribution in [-0.2, 0) is 4.74 Å². The van der Waals surface area contributed by atoms with Crippen molar-refractivity contribution in [1.29, 1.82) is 0 Å². The lowest BCUT2D eigenvalue weighted by atomic mass is 9.91. The first-order valence-electron chi connectivity index (χ1n) is 4.40. The number of rotatable bonds is 5. The van der Waals surface area contributed by atoms with E-state index in [-0.39, 0.29) is 0 Å². The van der Waals surface area contributed by atoms with Gasteiger partial charge in [0.2, 0.25) is 0 Å². The van der Waals surface area contributed by atoms with Crippen LogP contribution in [0.15, 0.2) is 5.18 Å². The normalized spacial score (nSPS) is 14.3. The zero-order valence-corrected chi connectivity index (χ0v) is 8.46. The topological polar surface area (TPSA) is 38.7 Å². The van der Waals surface area contributed by atoms with E-state index < -0.39 is 6.23 Å². The predicted octanol–water partition coefficient (Wildman–Crippen LogP) is 2.94. The molecule has 0 bridgehead atoms. The Hall–Kier alpha value is -0.440. The molecule has 0 aromatic rings. The van der Waals surface area contributed by atoms with Gasteiger partial charge in [-0.15, -0.1) is 4.91 Å². The van der Waals surface area contributed by atoms with Gasteiger partial charge in [-0.25, -0.2) is 0 Å². The van der Waals surface area contributed by atoms with Crippen molar-refractivity contribution in [3.8, 4) is 0 Å². The molecule has 0 radical (unpaired) electrons. The highest BCUT2D eigenvalue weighted by Crippen LogP contribution is 2.20. The van der Waals surface area contributed by atoms with Crippen LogP contribution in [0.3, 0.4) is 0 Å². The van der Waals surface area contributed by atoms with E-state index in [1.165, 1.54) is 0 Å². The average molecular weight is 173 g/mol. The standard InChI is InChI=1S/C9H19NO2/c1-8(10-11)12-7-5-6-9(2,3)4/h8H,5-7H2,1-4H3. The van der Waals surface area contributed by atoms with Crippen LogP contribution in [-0.4, -0.2) is 12.8 Å². The van der Waals surface area contributed by atoms with Crippen LogP contribution in [0.1, 0.15) is 40.5 Å². The highest BCUT2D eigenvalue weighted by Gasteiger charge is 2.09. The first kappa shape index (κ1) is 11.6. The minimum atomic E-state index is -0.495. The SMILES string of the molecule is CC(N=O)OCCCC(C)(C)C. The Labute approximate surface area is 74.5 Å². The van der Waals surface area contributed by atoms with Crippen molar-refractivity contribution in [3.63, 3.8) is 0 Å². The van der Waals surface area contributed by atoms with Gasteiger partial charge in [0.25, 0.3) is 0 Å². The second-order valence-electron chi connectivity index (χ2n) is 4.24. The van der Waals surface area contributed by atoms with Gasteiger partial charge in [-0.2, -0.15) is 0 Å². The van der Waals surface area contributed by atoms with Crippen LogP contribution in [0.4, 0.5) is 0 Å². The van der Waals surface area contributed by atoms with E-state index in [0.29, 0.717) is 12.0 Å². The largest absolute Gasteiger partial charge is 0.353 e. The van der Waals surface area contributed by atoms with Gasteiger partial charge < -0.3 is 4.74 Å². The molecule has 0 fully saturated rings. The molecule has 1 unspecified atom stereocenters. The molecule has 0 saturated heterocycles. The van der Waals surface area contributed by atoms with Gasteiger partial charge in [0.15, 0.2) is 6.23 Å². The van der Waals surface area contributed by atoms with Gasteiger partial charge >= 0.3 is 0 Å². The van der Waals surface area contributed by atoms with Crippen molar-refractivity contribution in [2.45, 2.75) is 46.8 Å². The van der Waals surface area contributed by atoms with E-state index in [0.717, 1.165) is 12.8 Å². The third kappa shape index (κ3) is 7.66. The molecule has 0 saturated carbocycles. The van der Waals surface area contributed by atoms with E-state index in [2.05, 4.69) is 25.9 Å². The first-order chi connectivity index (χ1) is 5.45. The molecule has 0 spiro atoms. The van der Waals surface area contributed by atoms with Crippen LogP contribution in [0.25, 0.3) is 0 Å². The summed E-state index contributed by atoms with van der Waals surface area (Å²) in [6, 6.07) is 0. The number of hydrogen-bond acceptors (Lipinski definition) is 3. The minimum Gasteiger partial charge on any atom is -0.353 e. The fourth-order valence-corrected chi connectivity index (χ4v) is 0.887. The summed E-state index contributed by atoms with van der Waals surface area (Å²) in [6.07, 6.45) is 1.60. The summed E-state index contributed by atoms with van der Waals surface area (Å²) >= 11 is 0. The maximum Gasteiger partial charge on any atom is 0.186 e. The Morgan fingerprint density at radius 3 is 2.42 bits per heavy atom. The fraction of sp³-hybridized carbons (Fsp3) is 1.00. The number of nitrogens with zero attached hydrogens (tertiary/aromatic N) is 1.